The molecule has 11 heteroatoms. The van der Waals surface area contributed by atoms with Crippen LogP contribution in [-0.4, -0.2) is 42.7 Å². The van der Waals surface area contributed by atoms with Gasteiger partial charge in [-0.1, -0.05) is 0 Å². The number of carbonyl (C=O) groups is 2. The highest BCUT2D eigenvalue weighted by atomic mass is 19.4. The highest BCUT2D eigenvalue weighted by Gasteiger charge is 2.36. The van der Waals surface area contributed by atoms with Gasteiger partial charge in [0.15, 0.2) is 0 Å². The molecule has 1 amide bonds. The molecule has 1 heterocycles. The van der Waals surface area contributed by atoms with E-state index >= 15 is 0 Å². The number of ether oxygens (including phenoxy) is 1. The standard InChI is InChI=1S/C23H20F5N3O3/c1-12-9-13(3-6-17(12)25)20(29)15-7-8-31(11-19(32)34-2)21(15)22(33)30-18-10-14(24)4-5-16(18)23(26,27)28/h3-6,9-10,29H,7-8,11H2,1-2H3,(H,30,33). The topological polar surface area (TPSA) is 82.5 Å². The smallest absolute Gasteiger partial charge is 0.418 e. The summed E-state index contributed by atoms with van der Waals surface area (Å²) >= 11 is 0. The van der Waals surface area contributed by atoms with E-state index in [-0.39, 0.29) is 41.1 Å². The van der Waals surface area contributed by atoms with Crippen molar-refractivity contribution in [2.24, 2.45) is 0 Å². The molecule has 0 aromatic heterocycles. The monoisotopic (exact) mass is 481 g/mol. The number of methoxy groups -OCH3 is 1. The molecule has 0 atom stereocenters. The largest absolute Gasteiger partial charge is 0.468 e. The molecule has 0 bridgehead atoms. The predicted octanol–water partition coefficient (Wildman–Crippen LogP) is 4.43. The number of halogens is 5. The molecule has 0 radical (unpaired) electrons. The van der Waals surface area contributed by atoms with Crippen LogP contribution in [0.5, 0.6) is 0 Å². The Morgan fingerprint density at radius 2 is 1.85 bits per heavy atom. The summed E-state index contributed by atoms with van der Waals surface area (Å²) in [6, 6.07) is 5.56. The quantitative estimate of drug-likeness (QED) is 0.363. The van der Waals surface area contributed by atoms with Crippen LogP contribution in [0, 0.1) is 24.0 Å². The van der Waals surface area contributed by atoms with Crippen molar-refractivity contribution in [3.05, 3.63) is 76.0 Å². The number of amides is 1. The lowest BCUT2D eigenvalue weighted by Crippen LogP contribution is -2.34. The van der Waals surface area contributed by atoms with Crippen molar-refractivity contribution < 1.29 is 36.3 Å². The molecule has 6 nitrogen and oxygen atoms in total. The van der Waals surface area contributed by atoms with Gasteiger partial charge in [-0.15, -0.1) is 0 Å². The number of carbonyl (C=O) groups excluding carboxylic acids is 2. The van der Waals surface area contributed by atoms with Gasteiger partial charge in [0.2, 0.25) is 0 Å². The van der Waals surface area contributed by atoms with Crippen molar-refractivity contribution in [1.29, 1.82) is 5.41 Å². The summed E-state index contributed by atoms with van der Waals surface area (Å²) in [5.41, 5.74) is -1.78. The number of alkyl halides is 3. The fourth-order valence-electron chi connectivity index (χ4n) is 3.59. The molecule has 0 spiro atoms. The molecule has 1 aliphatic rings. The Morgan fingerprint density at radius 1 is 1.15 bits per heavy atom. The molecule has 180 valence electrons. The summed E-state index contributed by atoms with van der Waals surface area (Å²) < 4.78 is 72.1. The second-order valence-corrected chi connectivity index (χ2v) is 7.56. The van der Waals surface area contributed by atoms with E-state index in [4.69, 9.17) is 5.41 Å². The number of anilines is 1. The number of hydrogen-bond donors (Lipinski definition) is 2. The second kappa shape index (κ2) is 9.62. The zero-order chi connectivity index (χ0) is 25.2. The third-order valence-electron chi connectivity index (χ3n) is 5.28. The van der Waals surface area contributed by atoms with Crippen LogP contribution in [0.25, 0.3) is 0 Å². The van der Waals surface area contributed by atoms with E-state index in [0.717, 1.165) is 13.2 Å². The van der Waals surface area contributed by atoms with Gasteiger partial charge in [0.1, 0.15) is 23.9 Å². The lowest BCUT2D eigenvalue weighted by Gasteiger charge is -2.22. The van der Waals surface area contributed by atoms with Gasteiger partial charge in [-0.25, -0.2) is 8.78 Å². The number of nitrogens with one attached hydrogen (secondary N) is 2. The molecule has 0 aliphatic carbocycles. The number of esters is 1. The first-order valence-corrected chi connectivity index (χ1v) is 10.0. The van der Waals surface area contributed by atoms with E-state index < -0.39 is 47.5 Å². The van der Waals surface area contributed by atoms with Gasteiger partial charge in [0.05, 0.1) is 24.1 Å². The molecule has 0 fully saturated rings. The third kappa shape index (κ3) is 5.24. The molecule has 2 aromatic rings. The third-order valence-corrected chi connectivity index (χ3v) is 5.28. The first kappa shape index (κ1) is 24.9. The van der Waals surface area contributed by atoms with Gasteiger partial charge in [-0.3, -0.25) is 15.0 Å². The summed E-state index contributed by atoms with van der Waals surface area (Å²) in [5, 5.41) is 10.6. The van der Waals surface area contributed by atoms with Crippen molar-refractivity contribution in [2.75, 3.05) is 25.5 Å². The Hall–Kier alpha value is -3.76. The van der Waals surface area contributed by atoms with Crippen LogP contribution in [0.15, 0.2) is 47.7 Å². The zero-order valence-electron chi connectivity index (χ0n) is 18.1. The van der Waals surface area contributed by atoms with Crippen LogP contribution in [0.3, 0.4) is 0 Å². The summed E-state index contributed by atoms with van der Waals surface area (Å²) in [7, 11) is 1.13. The Morgan fingerprint density at radius 3 is 2.47 bits per heavy atom. The zero-order valence-corrected chi connectivity index (χ0v) is 18.1. The van der Waals surface area contributed by atoms with Gasteiger partial charge in [0.25, 0.3) is 5.91 Å². The fraction of sp³-hybridized carbons (Fsp3) is 0.261. The molecule has 2 aromatic carbocycles. The molecule has 1 aliphatic heterocycles. The number of aryl methyl sites for hydroxylation is 1. The van der Waals surface area contributed by atoms with E-state index in [0.29, 0.717) is 18.2 Å². The first-order valence-electron chi connectivity index (χ1n) is 10.0. The maximum atomic E-state index is 13.7. The van der Waals surface area contributed by atoms with Gasteiger partial charge >= 0.3 is 12.1 Å². The minimum absolute atomic E-state index is 0.102. The fourth-order valence-corrected chi connectivity index (χ4v) is 3.59. The molecule has 0 unspecified atom stereocenters. The van der Waals surface area contributed by atoms with Gasteiger partial charge < -0.3 is 15.0 Å². The Kier molecular flexibility index (Phi) is 7.04. The van der Waals surface area contributed by atoms with E-state index in [9.17, 15) is 31.5 Å². The maximum Gasteiger partial charge on any atom is 0.418 e. The molecule has 3 rings (SSSR count). The van der Waals surface area contributed by atoms with Crippen LogP contribution >= 0.6 is 0 Å². The maximum absolute atomic E-state index is 13.7. The van der Waals surface area contributed by atoms with Gasteiger partial charge in [-0.2, -0.15) is 13.2 Å². The van der Waals surface area contributed by atoms with Crippen LogP contribution < -0.4 is 5.32 Å². The minimum atomic E-state index is -4.87. The predicted molar refractivity (Wildman–Crippen MR) is 113 cm³/mol. The number of hydrogen-bond acceptors (Lipinski definition) is 5. The molecular formula is C23H20F5N3O3. The lowest BCUT2D eigenvalue weighted by atomic mass is 9.98. The summed E-state index contributed by atoms with van der Waals surface area (Å²) in [4.78, 5) is 26.3. The average Bonchev–Trinajstić information content (AvgIpc) is 3.17. The molecule has 34 heavy (non-hydrogen) atoms. The van der Waals surface area contributed by atoms with Crippen LogP contribution in [0.4, 0.5) is 27.6 Å². The normalized spacial score (nSPS) is 13.8. The van der Waals surface area contributed by atoms with Crippen molar-refractivity contribution in [3.63, 3.8) is 0 Å². The summed E-state index contributed by atoms with van der Waals surface area (Å²) in [5.74, 6) is -3.26. The van der Waals surface area contributed by atoms with E-state index in [1.165, 1.54) is 24.0 Å². The average molecular weight is 481 g/mol. The first-order chi connectivity index (χ1) is 15.9. The molecule has 0 saturated heterocycles. The van der Waals surface area contributed by atoms with Gasteiger partial charge in [-0.05, 0) is 55.3 Å². The molecule has 2 N–H and O–H groups in total. The highest BCUT2D eigenvalue weighted by molar-refractivity contribution is 6.17. The van der Waals surface area contributed by atoms with E-state index in [1.807, 2.05) is 0 Å². The van der Waals surface area contributed by atoms with Crippen LogP contribution in [-0.2, 0) is 20.5 Å². The summed E-state index contributed by atoms with van der Waals surface area (Å²) in [6.07, 6.45) is -4.75. The molecular weight excluding hydrogens is 461 g/mol. The van der Waals surface area contributed by atoms with Crippen molar-refractivity contribution in [1.82, 2.24) is 4.90 Å². The number of benzene rings is 2. The minimum Gasteiger partial charge on any atom is -0.468 e. The van der Waals surface area contributed by atoms with Crippen LogP contribution in [0.2, 0.25) is 0 Å². The Balaban J connectivity index is 2.05. The van der Waals surface area contributed by atoms with Crippen molar-refractivity contribution in [3.8, 4) is 0 Å². The Labute approximate surface area is 191 Å². The SMILES string of the molecule is COC(=O)CN1CCC(C(=N)c2ccc(F)c(C)c2)=C1C(=O)Nc1cc(F)ccc1C(F)(F)F. The van der Waals surface area contributed by atoms with Crippen molar-refractivity contribution >= 4 is 23.3 Å². The summed E-state index contributed by atoms with van der Waals surface area (Å²) in [6.45, 7) is 1.20. The Bertz CT molecular complexity index is 1190. The van der Waals surface area contributed by atoms with E-state index in [1.54, 1.807) is 0 Å². The number of rotatable bonds is 6. The highest BCUT2D eigenvalue weighted by Crippen LogP contribution is 2.36. The molecule has 0 saturated carbocycles. The van der Waals surface area contributed by atoms with Crippen LogP contribution in [0.1, 0.15) is 23.1 Å². The second-order valence-electron chi connectivity index (χ2n) is 7.56. The lowest BCUT2D eigenvalue weighted by molar-refractivity contribution is -0.141. The van der Waals surface area contributed by atoms with Crippen molar-refractivity contribution in [2.45, 2.75) is 19.5 Å². The number of nitrogens with zero attached hydrogens (tertiary/aromatic N) is 1. The van der Waals surface area contributed by atoms with Gasteiger partial charge in [0, 0.05) is 17.7 Å². The van der Waals surface area contributed by atoms with E-state index in [2.05, 4.69) is 10.1 Å².